The van der Waals surface area contributed by atoms with Crippen molar-refractivity contribution in [2.24, 2.45) is 11.7 Å². The minimum Gasteiger partial charge on any atom is -0.487 e. The first-order valence-corrected chi connectivity index (χ1v) is 8.52. The van der Waals surface area contributed by atoms with E-state index in [0.717, 1.165) is 24.8 Å². The highest BCUT2D eigenvalue weighted by molar-refractivity contribution is 6.30. The van der Waals surface area contributed by atoms with Gasteiger partial charge in [-0.15, -0.1) is 0 Å². The lowest BCUT2D eigenvalue weighted by Crippen LogP contribution is -2.23. The summed E-state index contributed by atoms with van der Waals surface area (Å²) >= 11 is 5.99. The number of amides is 1. The fourth-order valence-electron chi connectivity index (χ4n) is 2.97. The van der Waals surface area contributed by atoms with Crippen LogP contribution in [0.1, 0.15) is 24.8 Å². The lowest BCUT2D eigenvalue weighted by molar-refractivity contribution is -0.119. The van der Waals surface area contributed by atoms with Crippen molar-refractivity contribution in [1.29, 1.82) is 0 Å². The molecule has 1 saturated carbocycles. The molecule has 0 aliphatic heterocycles. The van der Waals surface area contributed by atoms with Crippen LogP contribution in [0.2, 0.25) is 5.02 Å². The summed E-state index contributed by atoms with van der Waals surface area (Å²) in [5.41, 5.74) is 7.56. The zero-order chi connectivity index (χ0) is 16.9. The molecule has 0 heterocycles. The molecule has 0 radical (unpaired) electrons. The van der Waals surface area contributed by atoms with Crippen LogP contribution in [-0.4, -0.2) is 11.9 Å². The monoisotopic (exact) mass is 344 g/mol. The van der Waals surface area contributed by atoms with E-state index in [1.807, 2.05) is 48.5 Å². The van der Waals surface area contributed by atoms with E-state index in [1.165, 1.54) is 0 Å². The molecule has 5 heteroatoms. The molecule has 0 saturated heterocycles. The second-order valence-electron chi connectivity index (χ2n) is 6.17. The van der Waals surface area contributed by atoms with E-state index in [1.54, 1.807) is 0 Å². The van der Waals surface area contributed by atoms with E-state index in [9.17, 15) is 4.79 Å². The van der Waals surface area contributed by atoms with Crippen molar-refractivity contribution in [2.75, 3.05) is 5.32 Å². The Morgan fingerprint density at radius 1 is 1.21 bits per heavy atom. The zero-order valence-electron chi connectivity index (χ0n) is 13.4. The molecule has 4 nitrogen and oxygen atoms in total. The number of nitrogens with two attached hydrogens (primary N) is 1. The second-order valence-corrected chi connectivity index (χ2v) is 6.61. The Morgan fingerprint density at radius 3 is 2.79 bits per heavy atom. The van der Waals surface area contributed by atoms with E-state index >= 15 is 0 Å². The van der Waals surface area contributed by atoms with E-state index in [2.05, 4.69) is 5.32 Å². The fraction of sp³-hybridized carbons (Fsp3) is 0.316. The minimum absolute atomic E-state index is 0.0130. The summed E-state index contributed by atoms with van der Waals surface area (Å²) in [6.45, 7) is 0.391. The van der Waals surface area contributed by atoms with Gasteiger partial charge in [-0.05, 0) is 49.1 Å². The third kappa shape index (κ3) is 4.28. The summed E-state index contributed by atoms with van der Waals surface area (Å²) in [5, 5.41) is 3.65. The Kier molecular flexibility index (Phi) is 5.38. The molecule has 3 N–H and O–H groups in total. The molecule has 1 aliphatic carbocycles. The van der Waals surface area contributed by atoms with Gasteiger partial charge in [-0.1, -0.05) is 35.9 Å². The first-order chi connectivity index (χ1) is 11.6. The van der Waals surface area contributed by atoms with Crippen LogP contribution in [0.5, 0.6) is 5.75 Å². The van der Waals surface area contributed by atoms with Crippen LogP contribution in [0, 0.1) is 5.92 Å². The first-order valence-electron chi connectivity index (χ1n) is 8.14. The Balaban J connectivity index is 1.65. The molecule has 2 unspecified atom stereocenters. The number of anilines is 1. The van der Waals surface area contributed by atoms with Crippen LogP contribution in [0.3, 0.4) is 0 Å². The van der Waals surface area contributed by atoms with Crippen LogP contribution in [-0.2, 0) is 11.4 Å². The maximum atomic E-state index is 12.4. The predicted octanol–water partition coefficient (Wildman–Crippen LogP) is 3.98. The van der Waals surface area contributed by atoms with E-state index in [4.69, 9.17) is 22.1 Å². The Hall–Kier alpha value is -2.04. The van der Waals surface area contributed by atoms with Crippen molar-refractivity contribution in [3.63, 3.8) is 0 Å². The van der Waals surface area contributed by atoms with Gasteiger partial charge in [-0.3, -0.25) is 4.79 Å². The fourth-order valence-corrected chi connectivity index (χ4v) is 3.19. The molecule has 0 aromatic heterocycles. The van der Waals surface area contributed by atoms with E-state index < -0.39 is 0 Å². The smallest absolute Gasteiger partial charge is 0.227 e. The summed E-state index contributed by atoms with van der Waals surface area (Å²) in [6.07, 6.45) is 2.50. The number of rotatable bonds is 5. The van der Waals surface area contributed by atoms with Gasteiger partial charge in [-0.25, -0.2) is 0 Å². The van der Waals surface area contributed by atoms with Crippen LogP contribution in [0.15, 0.2) is 48.5 Å². The molecular formula is C19H21ClN2O2. The number of carbonyl (C=O) groups is 1. The molecule has 24 heavy (non-hydrogen) atoms. The number of nitrogens with one attached hydrogen (secondary N) is 1. The highest BCUT2D eigenvalue weighted by Gasteiger charge is 2.28. The predicted molar refractivity (Wildman–Crippen MR) is 96.2 cm³/mol. The minimum atomic E-state index is -0.0130. The number of carbonyl (C=O) groups excluding carboxylic acids is 1. The van der Waals surface area contributed by atoms with Crippen LogP contribution < -0.4 is 15.8 Å². The molecule has 126 valence electrons. The zero-order valence-corrected chi connectivity index (χ0v) is 14.1. The van der Waals surface area contributed by atoms with Gasteiger partial charge in [-0.2, -0.15) is 0 Å². The number of para-hydroxylation sites is 2. The van der Waals surface area contributed by atoms with Crippen LogP contribution in [0.4, 0.5) is 5.69 Å². The van der Waals surface area contributed by atoms with Crippen molar-refractivity contribution >= 4 is 23.2 Å². The molecule has 0 bridgehead atoms. The standard InChI is InChI=1S/C19H21ClN2O2/c20-15-5-3-4-13(10-15)12-24-18-7-2-1-6-17(18)22-19(23)14-8-9-16(21)11-14/h1-7,10,14,16H,8-9,11-12,21H2,(H,22,23). The lowest BCUT2D eigenvalue weighted by Gasteiger charge is -2.15. The van der Waals surface area contributed by atoms with Crippen molar-refractivity contribution in [3.05, 3.63) is 59.1 Å². The van der Waals surface area contributed by atoms with Gasteiger partial charge in [0.05, 0.1) is 5.69 Å². The second kappa shape index (κ2) is 7.69. The molecule has 1 amide bonds. The highest BCUT2D eigenvalue weighted by Crippen LogP contribution is 2.29. The number of hydrogen-bond acceptors (Lipinski definition) is 3. The summed E-state index contributed by atoms with van der Waals surface area (Å²) < 4.78 is 5.86. The first kappa shape index (κ1) is 16.8. The van der Waals surface area contributed by atoms with E-state index in [0.29, 0.717) is 23.1 Å². The van der Waals surface area contributed by atoms with Gasteiger partial charge in [0.1, 0.15) is 12.4 Å². The average molecular weight is 345 g/mol. The Bertz CT molecular complexity index is 720. The topological polar surface area (TPSA) is 64.4 Å². The average Bonchev–Trinajstić information content (AvgIpc) is 3.01. The number of hydrogen-bond donors (Lipinski definition) is 2. The number of benzene rings is 2. The summed E-state index contributed by atoms with van der Waals surface area (Å²) in [4.78, 5) is 12.4. The summed E-state index contributed by atoms with van der Waals surface area (Å²) in [5.74, 6) is 0.649. The van der Waals surface area contributed by atoms with Crippen molar-refractivity contribution in [3.8, 4) is 5.75 Å². The molecular weight excluding hydrogens is 324 g/mol. The molecule has 2 atom stereocenters. The Labute approximate surface area is 147 Å². The van der Waals surface area contributed by atoms with Crippen molar-refractivity contribution in [1.82, 2.24) is 0 Å². The van der Waals surface area contributed by atoms with E-state index in [-0.39, 0.29) is 17.9 Å². The summed E-state index contributed by atoms with van der Waals surface area (Å²) in [7, 11) is 0. The SMILES string of the molecule is NC1CCC(C(=O)Nc2ccccc2OCc2cccc(Cl)c2)C1. The summed E-state index contributed by atoms with van der Waals surface area (Å²) in [6, 6.07) is 15.1. The maximum Gasteiger partial charge on any atom is 0.227 e. The van der Waals surface area contributed by atoms with Crippen LogP contribution in [0.25, 0.3) is 0 Å². The van der Waals surface area contributed by atoms with Gasteiger partial charge in [0, 0.05) is 17.0 Å². The Morgan fingerprint density at radius 2 is 2.04 bits per heavy atom. The van der Waals surface area contributed by atoms with Gasteiger partial charge >= 0.3 is 0 Å². The lowest BCUT2D eigenvalue weighted by atomic mass is 10.1. The van der Waals surface area contributed by atoms with Crippen molar-refractivity contribution in [2.45, 2.75) is 31.9 Å². The van der Waals surface area contributed by atoms with Gasteiger partial charge in [0.25, 0.3) is 0 Å². The third-order valence-corrected chi connectivity index (χ3v) is 4.51. The highest BCUT2D eigenvalue weighted by atomic mass is 35.5. The van der Waals surface area contributed by atoms with Crippen LogP contribution >= 0.6 is 11.6 Å². The molecule has 2 aromatic rings. The molecule has 1 aliphatic rings. The quantitative estimate of drug-likeness (QED) is 0.862. The normalized spacial score (nSPS) is 19.9. The number of halogens is 1. The number of ether oxygens (including phenoxy) is 1. The third-order valence-electron chi connectivity index (χ3n) is 4.27. The molecule has 1 fully saturated rings. The molecule has 2 aromatic carbocycles. The maximum absolute atomic E-state index is 12.4. The largest absolute Gasteiger partial charge is 0.487 e. The van der Waals surface area contributed by atoms with Gasteiger partial charge in [0.2, 0.25) is 5.91 Å². The molecule has 3 rings (SSSR count). The van der Waals surface area contributed by atoms with Gasteiger partial charge < -0.3 is 15.8 Å². The van der Waals surface area contributed by atoms with Gasteiger partial charge in [0.15, 0.2) is 0 Å². The van der Waals surface area contributed by atoms with Crippen molar-refractivity contribution < 1.29 is 9.53 Å². The molecule has 0 spiro atoms.